The molecule has 1 aromatic carbocycles. The molecule has 6 N–H and O–H groups in total. The highest BCUT2D eigenvalue weighted by molar-refractivity contribution is 5.81. The van der Waals surface area contributed by atoms with Crippen molar-refractivity contribution >= 4 is 17.6 Å². The molecule has 0 aliphatic carbocycles. The number of amides is 1. The first-order valence-electron chi connectivity index (χ1n) is 13.5. The Hall–Kier alpha value is -2.75. The lowest BCUT2D eigenvalue weighted by Crippen LogP contribution is -2.77. The number of nitrogens with one attached hydrogen (secondary N) is 5. The van der Waals surface area contributed by atoms with E-state index in [0.717, 1.165) is 51.3 Å². The normalized spacial score (nSPS) is 30.2. The van der Waals surface area contributed by atoms with Crippen LogP contribution in [0.1, 0.15) is 37.7 Å². The second-order valence-corrected chi connectivity index (χ2v) is 10.8. The van der Waals surface area contributed by atoms with Crippen LogP contribution < -0.4 is 26.8 Å². The third-order valence-electron chi connectivity index (χ3n) is 8.35. The molecule has 0 radical (unpaired) electrons. The molecule has 5 rings (SSSR count). The molecule has 37 heavy (non-hydrogen) atoms. The van der Waals surface area contributed by atoms with Gasteiger partial charge in [-0.2, -0.15) is 5.26 Å². The van der Waals surface area contributed by atoms with Crippen molar-refractivity contribution in [2.75, 3.05) is 38.0 Å². The Balaban J connectivity index is 1.20. The molecule has 0 saturated carbocycles. The highest BCUT2D eigenvalue weighted by atomic mass is 16.4. The third-order valence-corrected chi connectivity index (χ3v) is 8.35. The number of carbonyl (C=O) groups excluding carboxylic acids is 1. The van der Waals surface area contributed by atoms with E-state index < -0.39 is 5.97 Å². The van der Waals surface area contributed by atoms with E-state index in [-0.39, 0.29) is 36.2 Å². The maximum atomic E-state index is 12.8. The van der Waals surface area contributed by atoms with Gasteiger partial charge in [-0.3, -0.25) is 35.4 Å². The standard InChI is InChI=1S/C26H38N8O3/c27-10-5-17-6-13-34(14-7-17)26-30-21-15-28-32-24(35)22(21)23(31-26)29-20-3-1-18(2-4-20)16-33-11-8-19(9-12-33)25(36)37/h1-4,17,19,21-23,26,28-31H,5-9,11-16H2,(H,32,35)(H,36,37). The quantitative estimate of drug-likeness (QED) is 0.306. The average molecular weight is 511 g/mol. The van der Waals surface area contributed by atoms with Gasteiger partial charge in [-0.15, -0.1) is 0 Å². The molecule has 4 saturated heterocycles. The number of nitrogens with zero attached hydrogens (tertiary/aromatic N) is 3. The van der Waals surface area contributed by atoms with E-state index >= 15 is 0 Å². The Bertz CT molecular complexity index is 983. The molecule has 4 aliphatic rings. The third kappa shape index (κ3) is 6.22. The lowest BCUT2D eigenvalue weighted by atomic mass is 9.90. The Labute approximate surface area is 217 Å². The van der Waals surface area contributed by atoms with Crippen LogP contribution in [0.4, 0.5) is 5.69 Å². The van der Waals surface area contributed by atoms with Gasteiger partial charge in [-0.1, -0.05) is 12.1 Å². The highest BCUT2D eigenvalue weighted by Gasteiger charge is 2.45. The number of benzene rings is 1. The van der Waals surface area contributed by atoms with E-state index in [9.17, 15) is 14.7 Å². The Morgan fingerprint density at radius 3 is 2.49 bits per heavy atom. The van der Waals surface area contributed by atoms with Crippen molar-refractivity contribution < 1.29 is 14.7 Å². The van der Waals surface area contributed by atoms with Gasteiger partial charge in [-0.05, 0) is 62.4 Å². The SMILES string of the molecule is N#CCC1CCN(C2NC3CNNC(=O)C3C(Nc3ccc(CN4CCC(C(=O)O)CC4)cc3)N2)CC1. The van der Waals surface area contributed by atoms with Crippen LogP contribution in [-0.2, 0) is 16.1 Å². The molecule has 200 valence electrons. The van der Waals surface area contributed by atoms with Crippen LogP contribution in [-0.4, -0.2) is 78.0 Å². The Kier molecular flexibility index (Phi) is 8.22. The van der Waals surface area contributed by atoms with E-state index in [0.29, 0.717) is 31.7 Å². The Morgan fingerprint density at radius 1 is 1.08 bits per heavy atom. The lowest BCUT2D eigenvalue weighted by molar-refractivity contribution is -0.143. The van der Waals surface area contributed by atoms with Gasteiger partial charge in [0.25, 0.3) is 0 Å². The highest BCUT2D eigenvalue weighted by Crippen LogP contribution is 2.26. The van der Waals surface area contributed by atoms with Gasteiger partial charge in [-0.25, -0.2) is 5.43 Å². The van der Waals surface area contributed by atoms with Gasteiger partial charge >= 0.3 is 5.97 Å². The van der Waals surface area contributed by atoms with E-state index in [1.54, 1.807) is 0 Å². The zero-order valence-corrected chi connectivity index (χ0v) is 21.2. The molecule has 4 unspecified atom stereocenters. The van der Waals surface area contributed by atoms with Crippen LogP contribution in [0.15, 0.2) is 24.3 Å². The number of rotatable bonds is 7. The maximum Gasteiger partial charge on any atom is 0.306 e. The van der Waals surface area contributed by atoms with Gasteiger partial charge in [0.05, 0.1) is 24.1 Å². The van der Waals surface area contributed by atoms with Crippen molar-refractivity contribution in [3.63, 3.8) is 0 Å². The van der Waals surface area contributed by atoms with Crippen LogP contribution in [0.25, 0.3) is 0 Å². The summed E-state index contributed by atoms with van der Waals surface area (Å²) in [6.07, 6.45) is 3.75. The van der Waals surface area contributed by atoms with Crippen molar-refractivity contribution in [3.8, 4) is 6.07 Å². The molecule has 1 amide bonds. The summed E-state index contributed by atoms with van der Waals surface area (Å²) in [5, 5.41) is 29.1. The summed E-state index contributed by atoms with van der Waals surface area (Å²) in [4.78, 5) is 28.7. The number of likely N-dealkylation sites (tertiary alicyclic amines) is 2. The first-order valence-corrected chi connectivity index (χ1v) is 13.5. The molecule has 4 heterocycles. The molecule has 4 atom stereocenters. The van der Waals surface area contributed by atoms with Gasteiger partial charge in [0, 0.05) is 44.3 Å². The predicted molar refractivity (Wildman–Crippen MR) is 137 cm³/mol. The Morgan fingerprint density at radius 2 is 1.81 bits per heavy atom. The number of carbonyl (C=O) groups is 2. The smallest absolute Gasteiger partial charge is 0.306 e. The van der Waals surface area contributed by atoms with Gasteiger partial charge in [0.2, 0.25) is 5.91 Å². The minimum absolute atomic E-state index is 0.0117. The minimum atomic E-state index is -0.683. The summed E-state index contributed by atoms with van der Waals surface area (Å²) < 4.78 is 0. The molecular weight excluding hydrogens is 472 g/mol. The van der Waals surface area contributed by atoms with E-state index in [1.165, 1.54) is 5.56 Å². The van der Waals surface area contributed by atoms with Gasteiger partial charge < -0.3 is 10.4 Å². The number of carboxylic acid groups (broad SMARTS) is 1. The first kappa shape index (κ1) is 25.9. The number of aliphatic carboxylic acids is 1. The van der Waals surface area contributed by atoms with Crippen molar-refractivity contribution in [1.82, 2.24) is 31.3 Å². The lowest BCUT2D eigenvalue weighted by Gasteiger charge is -2.49. The summed E-state index contributed by atoms with van der Waals surface area (Å²) in [6.45, 7) is 4.89. The zero-order chi connectivity index (χ0) is 25.8. The molecule has 1 aromatic rings. The number of fused-ring (bicyclic) bond motifs is 1. The average Bonchev–Trinajstić information content (AvgIpc) is 2.91. The molecule has 0 aromatic heterocycles. The van der Waals surface area contributed by atoms with Gasteiger partial charge in [0.1, 0.15) is 6.29 Å². The minimum Gasteiger partial charge on any atom is -0.481 e. The number of hydrogen-bond acceptors (Lipinski definition) is 9. The van der Waals surface area contributed by atoms with Crippen molar-refractivity contribution in [2.45, 2.75) is 57.1 Å². The van der Waals surface area contributed by atoms with E-state index in [2.05, 4.69) is 66.9 Å². The fourth-order valence-electron chi connectivity index (χ4n) is 6.08. The zero-order valence-electron chi connectivity index (χ0n) is 21.2. The van der Waals surface area contributed by atoms with E-state index in [4.69, 9.17) is 5.26 Å². The second-order valence-electron chi connectivity index (χ2n) is 10.8. The van der Waals surface area contributed by atoms with Crippen LogP contribution in [0.2, 0.25) is 0 Å². The molecule has 0 bridgehead atoms. The number of anilines is 1. The first-order chi connectivity index (χ1) is 18.0. The summed E-state index contributed by atoms with van der Waals surface area (Å²) >= 11 is 0. The van der Waals surface area contributed by atoms with Crippen LogP contribution >= 0.6 is 0 Å². The number of carboxylic acids is 1. The molecule has 11 heteroatoms. The van der Waals surface area contributed by atoms with Crippen molar-refractivity contribution in [2.24, 2.45) is 17.8 Å². The van der Waals surface area contributed by atoms with Crippen LogP contribution in [0, 0.1) is 29.1 Å². The topological polar surface area (TPSA) is 145 Å². The molecule has 11 nitrogen and oxygen atoms in total. The van der Waals surface area contributed by atoms with E-state index in [1.807, 2.05) is 0 Å². The number of hydrazine groups is 1. The van der Waals surface area contributed by atoms with Crippen LogP contribution in [0.3, 0.4) is 0 Å². The van der Waals surface area contributed by atoms with Crippen molar-refractivity contribution in [1.29, 1.82) is 5.26 Å². The summed E-state index contributed by atoms with van der Waals surface area (Å²) in [5.41, 5.74) is 7.93. The largest absolute Gasteiger partial charge is 0.481 e. The maximum absolute atomic E-state index is 12.8. The number of hydrogen-bond donors (Lipinski definition) is 6. The fraction of sp³-hybridized carbons (Fsp3) is 0.654. The molecule has 4 fully saturated rings. The summed E-state index contributed by atoms with van der Waals surface area (Å²) in [5.74, 6) is -0.748. The molecule has 4 aliphatic heterocycles. The van der Waals surface area contributed by atoms with Gasteiger partial charge in [0.15, 0.2) is 0 Å². The monoisotopic (exact) mass is 510 g/mol. The number of piperidine rings is 2. The summed E-state index contributed by atoms with van der Waals surface area (Å²) in [6, 6.07) is 10.6. The van der Waals surface area contributed by atoms with Crippen molar-refractivity contribution in [3.05, 3.63) is 29.8 Å². The number of nitriles is 1. The fourth-order valence-corrected chi connectivity index (χ4v) is 6.08. The predicted octanol–water partition coefficient (Wildman–Crippen LogP) is 0.442. The molecular formula is C26H38N8O3. The van der Waals surface area contributed by atoms with Crippen LogP contribution in [0.5, 0.6) is 0 Å². The molecule has 0 spiro atoms. The summed E-state index contributed by atoms with van der Waals surface area (Å²) in [7, 11) is 0. The second kappa shape index (κ2) is 11.8.